The Kier molecular flexibility index (Phi) is 4.35. The topological polar surface area (TPSA) is 0 Å². The number of rotatable bonds is 3. The van der Waals surface area contributed by atoms with Gasteiger partial charge < -0.3 is 0 Å². The highest BCUT2D eigenvalue weighted by molar-refractivity contribution is 7.26. The summed E-state index contributed by atoms with van der Waals surface area (Å²) < 4.78 is 75.8. The number of hydrogen-bond donors (Lipinski definition) is 0. The Labute approximate surface area is 288 Å². The Morgan fingerprint density at radius 1 is 0.383 bits per heavy atom. The van der Waals surface area contributed by atoms with Gasteiger partial charge in [-0.1, -0.05) is 164 Å². The van der Waals surface area contributed by atoms with Crippen LogP contribution in [-0.2, 0) is 0 Å². The van der Waals surface area contributed by atoms with Crippen molar-refractivity contribution in [3.05, 3.63) is 170 Å². The Morgan fingerprint density at radius 3 is 1.72 bits per heavy atom. The molecule has 10 aromatic rings. The summed E-state index contributed by atoms with van der Waals surface area (Å²) in [4.78, 5) is 0. The van der Waals surface area contributed by atoms with E-state index in [1.165, 1.54) is 0 Å². The van der Waals surface area contributed by atoms with Crippen molar-refractivity contribution in [1.29, 1.82) is 0 Å². The third-order valence-corrected chi connectivity index (χ3v) is 10.5. The molecule has 0 saturated heterocycles. The minimum absolute atomic E-state index is 0.209. The molecule has 1 heterocycles. The Hall–Kier alpha value is -5.76. The maximum atomic E-state index is 9.55. The maximum Gasteiger partial charge on any atom is 0.0629 e. The van der Waals surface area contributed by atoms with Gasteiger partial charge >= 0.3 is 0 Å². The second-order valence-electron chi connectivity index (χ2n) is 11.8. The lowest BCUT2D eigenvalue weighted by atomic mass is 9.83. The first-order valence-corrected chi connectivity index (χ1v) is 16.4. The van der Waals surface area contributed by atoms with Gasteiger partial charge in [0.05, 0.1) is 11.0 Å². The van der Waals surface area contributed by atoms with Gasteiger partial charge in [-0.2, -0.15) is 0 Å². The van der Waals surface area contributed by atoms with Crippen LogP contribution < -0.4 is 0 Å². The molecule has 0 saturated carbocycles. The summed E-state index contributed by atoms with van der Waals surface area (Å²) in [6.07, 6.45) is 0. The lowest BCUT2D eigenvalue weighted by Gasteiger charge is -2.20. The van der Waals surface area contributed by atoms with Crippen LogP contribution in [0.2, 0.25) is 0 Å². The molecular weight excluding hydrogens is 585 g/mol. The molecule has 218 valence electrons. The van der Waals surface area contributed by atoms with Crippen LogP contribution >= 0.6 is 11.3 Å². The zero-order chi connectivity index (χ0) is 37.9. The molecule has 0 amide bonds. The minimum Gasteiger partial charge on any atom is -0.135 e. The highest BCUT2D eigenvalue weighted by atomic mass is 32.1. The van der Waals surface area contributed by atoms with Gasteiger partial charge in [-0.3, -0.25) is 0 Å². The Morgan fingerprint density at radius 2 is 0.979 bits per heavy atom. The third kappa shape index (κ3) is 3.94. The van der Waals surface area contributed by atoms with Crippen molar-refractivity contribution in [1.82, 2.24) is 0 Å². The van der Waals surface area contributed by atoms with Crippen LogP contribution in [-0.4, -0.2) is 0 Å². The van der Waals surface area contributed by atoms with Gasteiger partial charge in [-0.25, -0.2) is 0 Å². The molecule has 0 aliphatic rings. The summed E-state index contributed by atoms with van der Waals surface area (Å²) in [5, 5.41) is 6.60. The zero-order valence-electron chi connectivity index (χ0n) is 33.0. The normalized spacial score (nSPS) is 14.2. The molecule has 0 N–H and O–H groups in total. The van der Waals surface area contributed by atoms with Crippen LogP contribution in [0.3, 0.4) is 0 Å². The monoisotopic (exact) mass is 620 g/mol. The zero-order valence-corrected chi connectivity index (χ0v) is 25.8. The van der Waals surface area contributed by atoms with Gasteiger partial charge in [-0.05, 0) is 77.0 Å². The van der Waals surface area contributed by atoms with Crippen LogP contribution in [0.1, 0.15) is 11.0 Å². The van der Waals surface area contributed by atoms with Crippen LogP contribution in [0, 0.1) is 0 Å². The van der Waals surface area contributed by atoms with Gasteiger partial charge in [-0.15, -0.1) is 11.3 Å². The number of thiophene rings is 1. The molecule has 9 aromatic carbocycles. The highest BCUT2D eigenvalue weighted by Crippen LogP contribution is 2.50. The van der Waals surface area contributed by atoms with Crippen molar-refractivity contribution in [2.24, 2.45) is 0 Å². The summed E-state index contributed by atoms with van der Waals surface area (Å²) in [7, 11) is 0. The van der Waals surface area contributed by atoms with Crippen molar-refractivity contribution >= 4 is 74.6 Å². The Bertz CT molecular complexity index is 3220. The number of benzene rings is 9. The van der Waals surface area contributed by atoms with Crippen molar-refractivity contribution in [2.75, 3.05) is 0 Å². The molecular formula is C46H28S. The molecule has 1 aromatic heterocycles. The molecule has 1 heteroatoms. The summed E-state index contributed by atoms with van der Waals surface area (Å²) in [6, 6.07) is 37.2. The fraction of sp³-hybridized carbons (Fsp3) is 0. The second-order valence-corrected chi connectivity index (χ2v) is 12.8. The van der Waals surface area contributed by atoms with Gasteiger partial charge in [0.1, 0.15) is 0 Å². The fourth-order valence-electron chi connectivity index (χ4n) is 7.31. The average molecular weight is 621 g/mol. The van der Waals surface area contributed by atoms with E-state index < -0.39 is 24.2 Å². The molecule has 10 rings (SSSR count). The smallest absolute Gasteiger partial charge is 0.0629 e. The lowest BCUT2D eigenvalue weighted by Crippen LogP contribution is -1.92. The molecule has 0 unspecified atom stereocenters. The van der Waals surface area contributed by atoms with E-state index in [1.807, 2.05) is 97.1 Å². The number of fused-ring (bicyclic) bond motifs is 8. The highest BCUT2D eigenvalue weighted by Gasteiger charge is 2.22. The van der Waals surface area contributed by atoms with Crippen molar-refractivity contribution in [3.63, 3.8) is 0 Å². The molecule has 0 fully saturated rings. The van der Waals surface area contributed by atoms with Gasteiger partial charge in [0.15, 0.2) is 0 Å². The standard InChI is InChI=1S/C46H28S/c1-2-13-29(14-3-1)32-27-28-41(46-45(32)40-21-10-11-24-42(40)47-46)44-38-19-8-6-17-36(38)43(37-18-7-9-20-39(37)44)35-23-12-22-33-31-16-5-4-15-30(31)25-26-34(33)35/h1-28H/i6D,7D,8D,9D,17D,18D,19D,20D. The quantitative estimate of drug-likeness (QED) is 0.136. The molecule has 0 aliphatic carbocycles. The summed E-state index contributed by atoms with van der Waals surface area (Å²) >= 11 is 1.56. The van der Waals surface area contributed by atoms with E-state index in [4.69, 9.17) is 5.48 Å². The maximum absolute atomic E-state index is 9.55. The van der Waals surface area contributed by atoms with E-state index in [0.29, 0.717) is 22.3 Å². The molecule has 0 bridgehead atoms. The first-order valence-electron chi connectivity index (χ1n) is 19.5. The predicted octanol–water partition coefficient (Wildman–Crippen LogP) is 13.7. The molecule has 0 radical (unpaired) electrons. The minimum atomic E-state index is -0.415. The van der Waals surface area contributed by atoms with Crippen LogP contribution in [0.5, 0.6) is 0 Å². The molecule has 0 nitrogen and oxygen atoms in total. The molecule has 0 spiro atoms. The van der Waals surface area contributed by atoms with E-state index in [2.05, 4.69) is 24.3 Å². The van der Waals surface area contributed by atoms with Gasteiger partial charge in [0, 0.05) is 25.7 Å². The SMILES string of the molecule is [2H]c1c([2H])c([2H])c2c(-c3ccc(-c4ccccc4)c4c3sc3ccccc34)c3c([2H])c([2H])c([2H])c([2H])c3c(-c3cccc4c3ccc3ccccc34)c2c1[2H]. The van der Waals surface area contributed by atoms with E-state index in [0.717, 1.165) is 52.8 Å². The predicted molar refractivity (Wildman–Crippen MR) is 206 cm³/mol. The van der Waals surface area contributed by atoms with Crippen molar-refractivity contribution < 1.29 is 11.0 Å². The van der Waals surface area contributed by atoms with E-state index in [9.17, 15) is 5.48 Å². The van der Waals surface area contributed by atoms with E-state index in [-0.39, 0.29) is 45.7 Å². The van der Waals surface area contributed by atoms with E-state index in [1.54, 1.807) is 11.3 Å². The summed E-state index contributed by atoms with van der Waals surface area (Å²) in [6.45, 7) is 0. The van der Waals surface area contributed by atoms with Crippen molar-refractivity contribution in [3.8, 4) is 33.4 Å². The third-order valence-electron chi connectivity index (χ3n) is 9.31. The van der Waals surface area contributed by atoms with Crippen LogP contribution in [0.4, 0.5) is 0 Å². The number of hydrogen-bond acceptors (Lipinski definition) is 1. The van der Waals surface area contributed by atoms with Gasteiger partial charge in [0.25, 0.3) is 0 Å². The average Bonchev–Trinajstić information content (AvgIpc) is 3.62. The molecule has 0 atom stereocenters. The lowest BCUT2D eigenvalue weighted by molar-refractivity contribution is 1.66. The fourth-order valence-corrected chi connectivity index (χ4v) is 8.55. The second kappa shape index (κ2) is 10.4. The van der Waals surface area contributed by atoms with E-state index >= 15 is 0 Å². The first-order chi connectivity index (χ1) is 26.7. The summed E-state index contributed by atoms with van der Waals surface area (Å²) in [5.74, 6) is 0. The molecule has 0 aliphatic heterocycles. The first kappa shape index (κ1) is 19.7. The van der Waals surface area contributed by atoms with Crippen LogP contribution in [0.25, 0.3) is 96.6 Å². The summed E-state index contributed by atoms with van der Waals surface area (Å²) in [5.41, 5.74) is 3.97. The largest absolute Gasteiger partial charge is 0.135 e. The molecule has 47 heavy (non-hydrogen) atoms. The Balaban J connectivity index is 1.48. The van der Waals surface area contributed by atoms with Gasteiger partial charge in [0.2, 0.25) is 0 Å². The van der Waals surface area contributed by atoms with Crippen molar-refractivity contribution in [2.45, 2.75) is 0 Å². The van der Waals surface area contributed by atoms with Crippen LogP contribution in [0.15, 0.2) is 170 Å².